The molecule has 0 radical (unpaired) electrons. The summed E-state index contributed by atoms with van der Waals surface area (Å²) in [4.78, 5) is 32.8. The van der Waals surface area contributed by atoms with Crippen LogP contribution in [0.3, 0.4) is 0 Å². The average Bonchev–Trinajstić information content (AvgIpc) is 3.36. The lowest BCUT2D eigenvalue weighted by Gasteiger charge is -2.35. The summed E-state index contributed by atoms with van der Waals surface area (Å²) in [6.07, 6.45) is 6.16. The van der Waals surface area contributed by atoms with Crippen molar-refractivity contribution in [1.82, 2.24) is 9.88 Å². The van der Waals surface area contributed by atoms with Crippen molar-refractivity contribution in [3.63, 3.8) is 0 Å². The third-order valence-electron chi connectivity index (χ3n) is 6.09. The van der Waals surface area contributed by atoms with Crippen LogP contribution in [0, 0.1) is 0 Å². The molecule has 0 atom stereocenters. The van der Waals surface area contributed by atoms with Crippen LogP contribution in [0.5, 0.6) is 0 Å². The number of amides is 2. The molecule has 0 unspecified atom stereocenters. The van der Waals surface area contributed by atoms with Crippen LogP contribution >= 0.6 is 11.3 Å². The molecule has 1 aromatic heterocycles. The summed E-state index contributed by atoms with van der Waals surface area (Å²) < 4.78 is 0. The molecule has 28 heavy (non-hydrogen) atoms. The Hall–Kier alpha value is -2.21. The molecule has 148 valence electrons. The Bertz CT molecular complexity index is 827. The Kier molecular flexibility index (Phi) is 5.76. The van der Waals surface area contributed by atoms with E-state index in [0.717, 1.165) is 49.5 Å². The molecule has 2 fully saturated rings. The highest BCUT2D eigenvalue weighted by molar-refractivity contribution is 7.14. The molecule has 1 aliphatic heterocycles. The van der Waals surface area contributed by atoms with Crippen molar-refractivity contribution in [2.45, 2.75) is 56.9 Å². The predicted molar refractivity (Wildman–Crippen MR) is 112 cm³/mol. The van der Waals surface area contributed by atoms with Crippen molar-refractivity contribution in [3.05, 3.63) is 47.0 Å². The number of carbonyl (C=O) groups is 2. The second-order valence-electron chi connectivity index (χ2n) is 7.87. The zero-order chi connectivity index (χ0) is 19.5. The molecule has 5 nitrogen and oxygen atoms in total. The number of carbonyl (C=O) groups excluding carboxylic acids is 2. The molecular weight excluding hydrogens is 370 g/mol. The van der Waals surface area contributed by atoms with Gasteiger partial charge in [0.15, 0.2) is 5.13 Å². The van der Waals surface area contributed by atoms with E-state index < -0.39 is 0 Å². The van der Waals surface area contributed by atoms with Gasteiger partial charge in [0.1, 0.15) is 0 Å². The Morgan fingerprint density at radius 2 is 1.96 bits per heavy atom. The smallest absolute Gasteiger partial charge is 0.228 e. The van der Waals surface area contributed by atoms with Crippen LogP contribution in [-0.2, 0) is 16.0 Å². The van der Waals surface area contributed by atoms with Crippen molar-refractivity contribution in [1.29, 1.82) is 0 Å². The average molecular weight is 398 g/mol. The SMILES string of the molecule is CN(C(=O)Cc1csc(N2CCCC2=O)n1)C1CCC(c2ccccc2)CC1. The van der Waals surface area contributed by atoms with Gasteiger partial charge in [-0.15, -0.1) is 11.3 Å². The number of likely N-dealkylation sites (N-methyl/N-ethyl adjacent to an activating group) is 1. The highest BCUT2D eigenvalue weighted by Gasteiger charge is 2.28. The number of thiazole rings is 1. The van der Waals surface area contributed by atoms with E-state index in [-0.39, 0.29) is 11.8 Å². The highest BCUT2D eigenvalue weighted by atomic mass is 32.1. The molecule has 0 bridgehead atoms. The van der Waals surface area contributed by atoms with Gasteiger partial charge in [-0.3, -0.25) is 14.5 Å². The number of aromatic nitrogens is 1. The van der Waals surface area contributed by atoms with Gasteiger partial charge in [-0.05, 0) is 43.6 Å². The van der Waals surface area contributed by atoms with Crippen molar-refractivity contribution < 1.29 is 9.59 Å². The summed E-state index contributed by atoms with van der Waals surface area (Å²) in [5.41, 5.74) is 2.19. The van der Waals surface area contributed by atoms with Gasteiger partial charge in [-0.1, -0.05) is 30.3 Å². The molecular formula is C22H27N3O2S. The van der Waals surface area contributed by atoms with Crippen LogP contribution in [0.1, 0.15) is 55.7 Å². The summed E-state index contributed by atoms with van der Waals surface area (Å²) in [6, 6.07) is 11.0. The van der Waals surface area contributed by atoms with Gasteiger partial charge in [-0.25, -0.2) is 4.98 Å². The first-order valence-electron chi connectivity index (χ1n) is 10.2. The molecule has 6 heteroatoms. The van der Waals surface area contributed by atoms with E-state index in [0.29, 0.717) is 24.8 Å². The minimum atomic E-state index is 0.118. The molecule has 1 saturated carbocycles. The maximum absolute atomic E-state index is 12.8. The van der Waals surface area contributed by atoms with E-state index in [2.05, 4.69) is 35.3 Å². The first-order chi connectivity index (χ1) is 13.6. The second kappa shape index (κ2) is 8.43. The fraction of sp³-hybridized carbons (Fsp3) is 0.500. The Morgan fingerprint density at radius 1 is 1.21 bits per heavy atom. The van der Waals surface area contributed by atoms with Gasteiger partial charge in [0.05, 0.1) is 12.1 Å². The molecule has 1 aromatic carbocycles. The van der Waals surface area contributed by atoms with Gasteiger partial charge in [0, 0.05) is 31.4 Å². The van der Waals surface area contributed by atoms with Gasteiger partial charge in [0.2, 0.25) is 11.8 Å². The Balaban J connectivity index is 1.31. The van der Waals surface area contributed by atoms with Crippen LogP contribution in [0.15, 0.2) is 35.7 Å². The number of benzene rings is 1. The van der Waals surface area contributed by atoms with E-state index in [1.807, 2.05) is 17.3 Å². The molecule has 2 aromatic rings. The van der Waals surface area contributed by atoms with Crippen LogP contribution in [0.2, 0.25) is 0 Å². The molecule has 4 rings (SSSR count). The fourth-order valence-corrected chi connectivity index (χ4v) is 5.22. The summed E-state index contributed by atoms with van der Waals surface area (Å²) in [5, 5.41) is 2.65. The molecule has 1 aliphatic carbocycles. The van der Waals surface area contributed by atoms with E-state index >= 15 is 0 Å². The van der Waals surface area contributed by atoms with Crippen molar-refractivity contribution in [2.24, 2.45) is 0 Å². The van der Waals surface area contributed by atoms with E-state index in [1.165, 1.54) is 16.9 Å². The summed E-state index contributed by atoms with van der Waals surface area (Å²) in [5.74, 6) is 0.868. The lowest BCUT2D eigenvalue weighted by atomic mass is 9.81. The minimum absolute atomic E-state index is 0.118. The number of hydrogen-bond acceptors (Lipinski definition) is 4. The first kappa shape index (κ1) is 19.1. The standard InChI is InChI=1S/C22H27N3O2S/c1-24(19-11-9-17(10-12-19)16-6-3-2-4-7-16)21(27)14-18-15-28-22(23-18)25-13-5-8-20(25)26/h2-4,6-7,15,17,19H,5,8-14H2,1H3. The zero-order valence-electron chi connectivity index (χ0n) is 16.3. The van der Waals surface area contributed by atoms with Crippen LogP contribution in [0.4, 0.5) is 5.13 Å². The quantitative estimate of drug-likeness (QED) is 0.766. The maximum Gasteiger partial charge on any atom is 0.228 e. The second-order valence-corrected chi connectivity index (χ2v) is 8.70. The largest absolute Gasteiger partial charge is 0.342 e. The Morgan fingerprint density at radius 3 is 2.64 bits per heavy atom. The molecule has 2 heterocycles. The number of anilines is 1. The van der Waals surface area contributed by atoms with Crippen molar-refractivity contribution in [2.75, 3.05) is 18.5 Å². The maximum atomic E-state index is 12.8. The van der Waals surface area contributed by atoms with Gasteiger partial charge in [0.25, 0.3) is 0 Å². The van der Waals surface area contributed by atoms with E-state index in [4.69, 9.17) is 0 Å². The minimum Gasteiger partial charge on any atom is -0.342 e. The van der Waals surface area contributed by atoms with E-state index in [9.17, 15) is 9.59 Å². The molecule has 1 saturated heterocycles. The van der Waals surface area contributed by atoms with E-state index in [1.54, 1.807) is 4.90 Å². The third-order valence-corrected chi connectivity index (χ3v) is 7.00. The van der Waals surface area contributed by atoms with Crippen LogP contribution < -0.4 is 4.90 Å². The van der Waals surface area contributed by atoms with Gasteiger partial charge >= 0.3 is 0 Å². The zero-order valence-corrected chi connectivity index (χ0v) is 17.2. The first-order valence-corrected chi connectivity index (χ1v) is 11.0. The van der Waals surface area contributed by atoms with Crippen molar-refractivity contribution in [3.8, 4) is 0 Å². The topological polar surface area (TPSA) is 53.5 Å². The number of hydrogen-bond donors (Lipinski definition) is 0. The van der Waals surface area contributed by atoms with Gasteiger partial charge in [-0.2, -0.15) is 0 Å². The normalized spacial score (nSPS) is 22.5. The summed E-state index contributed by atoms with van der Waals surface area (Å²) >= 11 is 1.46. The van der Waals surface area contributed by atoms with Gasteiger partial charge < -0.3 is 4.90 Å². The lowest BCUT2D eigenvalue weighted by Crippen LogP contribution is -2.40. The fourth-order valence-electron chi connectivity index (χ4n) is 4.36. The monoisotopic (exact) mass is 397 g/mol. The van der Waals surface area contributed by atoms with Crippen LogP contribution in [-0.4, -0.2) is 41.3 Å². The Labute approximate surface area is 170 Å². The number of nitrogens with zero attached hydrogens (tertiary/aromatic N) is 3. The molecule has 2 amide bonds. The summed E-state index contributed by atoms with van der Waals surface area (Å²) in [7, 11) is 1.92. The third kappa shape index (κ3) is 4.12. The molecule has 0 spiro atoms. The predicted octanol–water partition coefficient (Wildman–Crippen LogP) is 4.00. The highest BCUT2D eigenvalue weighted by Crippen LogP contribution is 2.34. The molecule has 2 aliphatic rings. The molecule has 0 N–H and O–H groups in total. The van der Waals surface area contributed by atoms with Crippen LogP contribution in [0.25, 0.3) is 0 Å². The number of rotatable bonds is 5. The van der Waals surface area contributed by atoms with Crippen molar-refractivity contribution >= 4 is 28.3 Å². The summed E-state index contributed by atoms with van der Waals surface area (Å²) in [6.45, 7) is 0.740. The lowest BCUT2D eigenvalue weighted by molar-refractivity contribution is -0.131.